The zero-order valence-corrected chi connectivity index (χ0v) is 17.3. The number of ketones is 1. The predicted octanol–water partition coefficient (Wildman–Crippen LogP) is 3.62. The molecular weight excluding hydrogens is 368 g/mol. The van der Waals surface area contributed by atoms with Gasteiger partial charge < -0.3 is 9.47 Å². The lowest BCUT2D eigenvalue weighted by atomic mass is 9.67. The van der Waals surface area contributed by atoms with E-state index in [1.807, 2.05) is 25.1 Å². The standard InChI is InChI=1S/C23H28N2O4/c1-14-19(22(27)29-13-15-7-6-10-28-15)21(16-8-4-5-9-24-16)20-17(25-14)11-23(2,3)12-18(20)26/h4-5,8-9,15,19,21H,6-7,10-13H2,1-3H3/t15-,19?,21-/m0/s1. The average molecular weight is 396 g/mol. The molecule has 0 radical (unpaired) electrons. The minimum Gasteiger partial charge on any atom is -0.462 e. The van der Waals surface area contributed by atoms with E-state index in [-0.39, 0.29) is 29.9 Å². The zero-order chi connectivity index (χ0) is 20.6. The second-order valence-corrected chi connectivity index (χ2v) is 9.03. The van der Waals surface area contributed by atoms with Crippen molar-refractivity contribution in [2.75, 3.05) is 13.2 Å². The third kappa shape index (κ3) is 4.04. The number of esters is 1. The van der Waals surface area contributed by atoms with Gasteiger partial charge in [0.25, 0.3) is 0 Å². The first-order chi connectivity index (χ1) is 13.9. The molecule has 1 aliphatic carbocycles. The van der Waals surface area contributed by atoms with Crippen LogP contribution in [0.2, 0.25) is 0 Å². The number of carbonyl (C=O) groups excluding carboxylic acids is 2. The molecule has 0 aromatic carbocycles. The summed E-state index contributed by atoms with van der Waals surface area (Å²) in [5, 5.41) is 0. The molecule has 3 heterocycles. The van der Waals surface area contributed by atoms with Crippen molar-refractivity contribution in [3.63, 3.8) is 0 Å². The first kappa shape index (κ1) is 20.0. The van der Waals surface area contributed by atoms with E-state index in [2.05, 4.69) is 18.8 Å². The number of ether oxygens (including phenoxy) is 2. The molecule has 1 aromatic heterocycles. The Bertz CT molecular complexity index is 866. The third-order valence-corrected chi connectivity index (χ3v) is 6.00. The van der Waals surface area contributed by atoms with Crippen LogP contribution in [0.5, 0.6) is 0 Å². The summed E-state index contributed by atoms with van der Waals surface area (Å²) in [6.07, 6.45) is 4.71. The van der Waals surface area contributed by atoms with Crippen LogP contribution in [0.25, 0.3) is 0 Å². The molecule has 154 valence electrons. The maximum Gasteiger partial charge on any atom is 0.315 e. The van der Waals surface area contributed by atoms with Crippen molar-refractivity contribution >= 4 is 17.5 Å². The van der Waals surface area contributed by atoms with E-state index in [0.29, 0.717) is 36.4 Å². The molecule has 0 spiro atoms. The van der Waals surface area contributed by atoms with Gasteiger partial charge in [-0.05, 0) is 43.7 Å². The average Bonchev–Trinajstić information content (AvgIpc) is 3.18. The number of aliphatic imine (C=N–C) groups is 1. The summed E-state index contributed by atoms with van der Waals surface area (Å²) in [5.74, 6) is -1.40. The lowest BCUT2D eigenvalue weighted by Crippen LogP contribution is -2.40. The summed E-state index contributed by atoms with van der Waals surface area (Å²) >= 11 is 0. The highest BCUT2D eigenvalue weighted by Gasteiger charge is 2.46. The van der Waals surface area contributed by atoms with Crippen LogP contribution < -0.4 is 0 Å². The Morgan fingerprint density at radius 1 is 1.31 bits per heavy atom. The van der Waals surface area contributed by atoms with Gasteiger partial charge in [0, 0.05) is 41.9 Å². The molecule has 3 atom stereocenters. The predicted molar refractivity (Wildman–Crippen MR) is 109 cm³/mol. The van der Waals surface area contributed by atoms with Gasteiger partial charge in [0.1, 0.15) is 12.5 Å². The van der Waals surface area contributed by atoms with Crippen LogP contribution in [0.3, 0.4) is 0 Å². The molecule has 29 heavy (non-hydrogen) atoms. The minimum atomic E-state index is -0.643. The molecule has 2 aliphatic heterocycles. The lowest BCUT2D eigenvalue weighted by Gasteiger charge is -2.38. The molecule has 0 amide bonds. The van der Waals surface area contributed by atoms with E-state index in [0.717, 1.165) is 18.5 Å². The number of hydrogen-bond acceptors (Lipinski definition) is 6. The van der Waals surface area contributed by atoms with Crippen molar-refractivity contribution in [2.24, 2.45) is 16.3 Å². The molecule has 6 nitrogen and oxygen atoms in total. The first-order valence-electron chi connectivity index (χ1n) is 10.4. The quantitative estimate of drug-likeness (QED) is 0.727. The van der Waals surface area contributed by atoms with Gasteiger partial charge in [-0.15, -0.1) is 0 Å². The number of carbonyl (C=O) groups is 2. The van der Waals surface area contributed by atoms with Crippen LogP contribution in [0.4, 0.5) is 0 Å². The molecule has 1 aromatic rings. The van der Waals surface area contributed by atoms with Gasteiger partial charge in [-0.3, -0.25) is 19.6 Å². The second kappa shape index (κ2) is 7.82. The zero-order valence-electron chi connectivity index (χ0n) is 17.3. The van der Waals surface area contributed by atoms with Crippen molar-refractivity contribution in [2.45, 2.75) is 58.5 Å². The van der Waals surface area contributed by atoms with E-state index in [1.165, 1.54) is 0 Å². The van der Waals surface area contributed by atoms with Crippen molar-refractivity contribution in [1.29, 1.82) is 0 Å². The minimum absolute atomic E-state index is 0.0417. The maximum absolute atomic E-state index is 13.1. The Labute approximate surface area is 171 Å². The van der Waals surface area contributed by atoms with Crippen LogP contribution in [-0.2, 0) is 19.1 Å². The highest BCUT2D eigenvalue weighted by Crippen LogP contribution is 2.47. The Hall–Kier alpha value is -2.34. The molecule has 0 bridgehead atoms. The monoisotopic (exact) mass is 396 g/mol. The fraction of sp³-hybridized carbons (Fsp3) is 0.565. The normalized spacial score (nSPS) is 28.7. The number of aromatic nitrogens is 1. The van der Waals surface area contributed by atoms with Crippen molar-refractivity contribution in [1.82, 2.24) is 4.98 Å². The van der Waals surface area contributed by atoms with Crippen LogP contribution in [0.1, 0.15) is 58.1 Å². The fourth-order valence-corrected chi connectivity index (χ4v) is 4.67. The summed E-state index contributed by atoms with van der Waals surface area (Å²) in [4.78, 5) is 35.5. The SMILES string of the molecule is CC1=NC2=C(C(=O)CC(C)(C)C2)[C@@H](c2ccccn2)C1C(=O)OC[C@@H]1CCCO1. The van der Waals surface area contributed by atoms with Gasteiger partial charge in [0.05, 0.1) is 12.0 Å². The number of pyridine rings is 1. The molecule has 0 saturated carbocycles. The van der Waals surface area contributed by atoms with Gasteiger partial charge in [-0.1, -0.05) is 19.9 Å². The summed E-state index contributed by atoms with van der Waals surface area (Å²) < 4.78 is 11.2. The molecule has 1 unspecified atom stereocenters. The highest BCUT2D eigenvalue weighted by molar-refractivity contribution is 6.08. The van der Waals surface area contributed by atoms with E-state index >= 15 is 0 Å². The lowest BCUT2D eigenvalue weighted by molar-refractivity contribution is -0.149. The van der Waals surface area contributed by atoms with Crippen molar-refractivity contribution < 1.29 is 19.1 Å². The second-order valence-electron chi connectivity index (χ2n) is 9.03. The number of Topliss-reactive ketones (excluding diaryl/α,β-unsaturated/α-hetero) is 1. The third-order valence-electron chi connectivity index (χ3n) is 6.00. The Morgan fingerprint density at radius 3 is 2.83 bits per heavy atom. The molecule has 1 saturated heterocycles. The molecule has 0 N–H and O–H groups in total. The molecule has 6 heteroatoms. The largest absolute Gasteiger partial charge is 0.462 e. The summed E-state index contributed by atoms with van der Waals surface area (Å²) in [6.45, 7) is 6.96. The van der Waals surface area contributed by atoms with Crippen LogP contribution >= 0.6 is 0 Å². The van der Waals surface area contributed by atoms with Gasteiger partial charge in [-0.25, -0.2) is 0 Å². The van der Waals surface area contributed by atoms with E-state index in [4.69, 9.17) is 14.5 Å². The van der Waals surface area contributed by atoms with E-state index < -0.39 is 11.8 Å². The van der Waals surface area contributed by atoms with Crippen LogP contribution in [0, 0.1) is 11.3 Å². The van der Waals surface area contributed by atoms with Crippen LogP contribution in [-0.4, -0.2) is 41.8 Å². The molecule has 3 aliphatic rings. The summed E-state index contributed by atoms with van der Waals surface area (Å²) in [6, 6.07) is 5.59. The van der Waals surface area contributed by atoms with Gasteiger partial charge in [-0.2, -0.15) is 0 Å². The number of nitrogens with zero attached hydrogens (tertiary/aromatic N) is 2. The highest BCUT2D eigenvalue weighted by atomic mass is 16.6. The Balaban J connectivity index is 1.69. The maximum atomic E-state index is 13.1. The number of rotatable bonds is 4. The van der Waals surface area contributed by atoms with Gasteiger partial charge in [0.2, 0.25) is 0 Å². The first-order valence-corrected chi connectivity index (χ1v) is 10.4. The van der Waals surface area contributed by atoms with Crippen LogP contribution in [0.15, 0.2) is 40.7 Å². The van der Waals surface area contributed by atoms with E-state index in [9.17, 15) is 9.59 Å². The van der Waals surface area contributed by atoms with Crippen molar-refractivity contribution in [3.8, 4) is 0 Å². The Morgan fingerprint density at radius 2 is 2.14 bits per heavy atom. The number of hydrogen-bond donors (Lipinski definition) is 0. The molecule has 4 rings (SSSR count). The molecule has 1 fully saturated rings. The Kier molecular flexibility index (Phi) is 5.38. The van der Waals surface area contributed by atoms with Gasteiger partial charge in [0.15, 0.2) is 5.78 Å². The summed E-state index contributed by atoms with van der Waals surface area (Å²) in [5.41, 5.74) is 2.68. The van der Waals surface area contributed by atoms with Crippen molar-refractivity contribution in [3.05, 3.63) is 41.4 Å². The summed E-state index contributed by atoms with van der Waals surface area (Å²) in [7, 11) is 0. The topological polar surface area (TPSA) is 77.9 Å². The number of allylic oxidation sites excluding steroid dienone is 2. The molecular formula is C23H28N2O4. The van der Waals surface area contributed by atoms with E-state index in [1.54, 1.807) is 6.20 Å². The van der Waals surface area contributed by atoms with Gasteiger partial charge >= 0.3 is 5.97 Å². The smallest absolute Gasteiger partial charge is 0.315 e. The fourth-order valence-electron chi connectivity index (χ4n) is 4.67.